The summed E-state index contributed by atoms with van der Waals surface area (Å²) in [5.74, 6) is 0.115. The molecule has 0 heterocycles. The van der Waals surface area contributed by atoms with Gasteiger partial charge in [0.15, 0.2) is 0 Å². The molecule has 0 spiro atoms. The molecule has 2 rings (SSSR count). The van der Waals surface area contributed by atoms with Crippen LogP contribution in [0.2, 0.25) is 0 Å². The molecule has 0 aromatic heterocycles. The third-order valence-electron chi connectivity index (χ3n) is 3.97. The van der Waals surface area contributed by atoms with E-state index in [0.29, 0.717) is 11.6 Å². The quantitative estimate of drug-likeness (QED) is 0.757. The third kappa shape index (κ3) is 5.56. The molecule has 28 heavy (non-hydrogen) atoms. The van der Waals surface area contributed by atoms with Gasteiger partial charge in [0.1, 0.15) is 10.6 Å². The summed E-state index contributed by atoms with van der Waals surface area (Å²) in [7, 11) is -2.47. The summed E-state index contributed by atoms with van der Waals surface area (Å²) in [5.41, 5.74) is 1.32. The van der Waals surface area contributed by atoms with Crippen LogP contribution in [-0.2, 0) is 10.0 Å². The first-order chi connectivity index (χ1) is 12.9. The molecule has 2 N–H and O–H groups in total. The maximum atomic E-state index is 12.8. The number of nitrogens with one attached hydrogen (secondary N) is 2. The van der Waals surface area contributed by atoms with Gasteiger partial charge in [0.2, 0.25) is 10.0 Å². The number of benzene rings is 2. The number of ether oxygens (including phenoxy) is 1. The van der Waals surface area contributed by atoms with E-state index < -0.39 is 21.5 Å². The Hall–Kier alpha value is -2.38. The number of rotatable bonds is 6. The van der Waals surface area contributed by atoms with E-state index in [9.17, 15) is 13.2 Å². The summed E-state index contributed by atoms with van der Waals surface area (Å²) in [4.78, 5) is 12.6. The number of hydrogen-bond acceptors (Lipinski definition) is 4. The van der Waals surface area contributed by atoms with Gasteiger partial charge in [-0.15, -0.1) is 0 Å². The Balaban J connectivity index is 2.37. The van der Waals surface area contributed by atoms with Crippen LogP contribution in [0.3, 0.4) is 0 Å². The van der Waals surface area contributed by atoms with E-state index in [2.05, 4.69) is 23.9 Å². The summed E-state index contributed by atoms with van der Waals surface area (Å²) in [5, 5.41) is 2.82. The molecular formula is C21H28N2O4S. The van der Waals surface area contributed by atoms with Gasteiger partial charge in [-0.25, -0.2) is 13.1 Å². The molecule has 0 fully saturated rings. The van der Waals surface area contributed by atoms with E-state index in [4.69, 9.17) is 4.74 Å². The molecule has 152 valence electrons. The summed E-state index contributed by atoms with van der Waals surface area (Å²) >= 11 is 0. The zero-order valence-electron chi connectivity index (χ0n) is 17.2. The summed E-state index contributed by atoms with van der Waals surface area (Å²) in [6.07, 6.45) is 0. The van der Waals surface area contributed by atoms with Crippen LogP contribution in [0.5, 0.6) is 5.75 Å². The van der Waals surface area contributed by atoms with Gasteiger partial charge in [0.25, 0.3) is 5.91 Å². The van der Waals surface area contributed by atoms with Gasteiger partial charge in [0.05, 0.1) is 7.11 Å². The van der Waals surface area contributed by atoms with Crippen LogP contribution in [0.25, 0.3) is 0 Å². The lowest BCUT2D eigenvalue weighted by atomic mass is 10.0. The Morgan fingerprint density at radius 3 is 2.32 bits per heavy atom. The highest BCUT2D eigenvalue weighted by atomic mass is 32.2. The molecular weight excluding hydrogens is 376 g/mol. The van der Waals surface area contributed by atoms with E-state index in [1.807, 2.05) is 18.2 Å². The summed E-state index contributed by atoms with van der Waals surface area (Å²) in [6.45, 7) is 9.38. The molecule has 0 aliphatic carbocycles. The average Bonchev–Trinajstić information content (AvgIpc) is 2.59. The fourth-order valence-corrected chi connectivity index (χ4v) is 4.28. The van der Waals surface area contributed by atoms with E-state index >= 15 is 0 Å². The van der Waals surface area contributed by atoms with Crippen molar-refractivity contribution in [1.82, 2.24) is 4.72 Å². The normalized spacial score (nSPS) is 12.1. The molecule has 0 saturated heterocycles. The molecule has 0 aliphatic heterocycles. The molecule has 6 nitrogen and oxygen atoms in total. The Labute approximate surface area is 167 Å². The van der Waals surface area contributed by atoms with Crippen molar-refractivity contribution in [2.24, 2.45) is 0 Å². The standard InChI is InChI=1S/C21H28N2O4S/c1-14(2)15-8-7-9-17(12-15)22-20(24)16-10-11-18(27-6)19(13-16)28(25,26)23-21(3,4)5/h7-14,23H,1-6H3,(H,22,24). The first-order valence-corrected chi connectivity index (χ1v) is 10.5. The minimum Gasteiger partial charge on any atom is -0.495 e. The topological polar surface area (TPSA) is 84.5 Å². The van der Waals surface area contributed by atoms with Crippen LogP contribution in [0.15, 0.2) is 47.4 Å². The second-order valence-electron chi connectivity index (χ2n) is 7.96. The zero-order valence-corrected chi connectivity index (χ0v) is 18.0. The van der Waals surface area contributed by atoms with Crippen molar-refractivity contribution in [2.45, 2.75) is 51.0 Å². The van der Waals surface area contributed by atoms with Crippen LogP contribution < -0.4 is 14.8 Å². The molecule has 0 saturated carbocycles. The minimum atomic E-state index is -3.86. The molecule has 7 heteroatoms. The highest BCUT2D eigenvalue weighted by molar-refractivity contribution is 7.89. The Kier molecular flexibility index (Phi) is 6.52. The van der Waals surface area contributed by atoms with Gasteiger partial charge < -0.3 is 10.1 Å². The summed E-state index contributed by atoms with van der Waals surface area (Å²) in [6, 6.07) is 11.9. The van der Waals surface area contributed by atoms with Crippen molar-refractivity contribution in [3.05, 3.63) is 53.6 Å². The molecule has 2 aromatic rings. The Morgan fingerprint density at radius 2 is 1.75 bits per heavy atom. The van der Waals surface area contributed by atoms with E-state index in [1.165, 1.54) is 25.3 Å². The molecule has 1 amide bonds. The lowest BCUT2D eigenvalue weighted by Crippen LogP contribution is -2.40. The maximum Gasteiger partial charge on any atom is 0.255 e. The number of anilines is 1. The van der Waals surface area contributed by atoms with E-state index in [1.54, 1.807) is 26.8 Å². The van der Waals surface area contributed by atoms with Crippen LogP contribution >= 0.6 is 0 Å². The number of sulfonamides is 1. The predicted octanol–water partition coefficient (Wildman–Crippen LogP) is 4.15. The SMILES string of the molecule is COc1ccc(C(=O)Nc2cccc(C(C)C)c2)cc1S(=O)(=O)NC(C)(C)C. The molecule has 2 aromatic carbocycles. The zero-order chi connectivity index (χ0) is 21.1. The number of carbonyl (C=O) groups excluding carboxylic acids is 1. The maximum absolute atomic E-state index is 12.8. The molecule has 0 unspecified atom stereocenters. The number of methoxy groups -OCH3 is 1. The first-order valence-electron chi connectivity index (χ1n) is 9.06. The lowest BCUT2D eigenvalue weighted by Gasteiger charge is -2.21. The fourth-order valence-electron chi connectivity index (χ4n) is 2.66. The second kappa shape index (κ2) is 8.32. The van der Waals surface area contributed by atoms with Crippen LogP contribution in [0, 0.1) is 0 Å². The number of carbonyl (C=O) groups is 1. The Morgan fingerprint density at radius 1 is 1.07 bits per heavy atom. The molecule has 0 aliphatic rings. The second-order valence-corrected chi connectivity index (χ2v) is 9.61. The smallest absolute Gasteiger partial charge is 0.255 e. The summed E-state index contributed by atoms with van der Waals surface area (Å²) < 4.78 is 33.3. The van der Waals surface area contributed by atoms with Crippen molar-refractivity contribution in [2.75, 3.05) is 12.4 Å². The monoisotopic (exact) mass is 404 g/mol. The van der Waals surface area contributed by atoms with Crippen molar-refractivity contribution >= 4 is 21.6 Å². The van der Waals surface area contributed by atoms with E-state index in [0.717, 1.165) is 5.56 Å². The van der Waals surface area contributed by atoms with Gasteiger partial charge in [-0.1, -0.05) is 26.0 Å². The van der Waals surface area contributed by atoms with Crippen LogP contribution in [0.4, 0.5) is 5.69 Å². The van der Waals surface area contributed by atoms with Gasteiger partial charge >= 0.3 is 0 Å². The number of hydrogen-bond donors (Lipinski definition) is 2. The highest BCUT2D eigenvalue weighted by Gasteiger charge is 2.26. The van der Waals surface area contributed by atoms with E-state index in [-0.39, 0.29) is 16.2 Å². The van der Waals surface area contributed by atoms with Crippen molar-refractivity contribution in [1.29, 1.82) is 0 Å². The van der Waals surface area contributed by atoms with Gasteiger partial charge in [-0.2, -0.15) is 0 Å². The van der Waals surface area contributed by atoms with Crippen LogP contribution in [-0.4, -0.2) is 27.0 Å². The average molecular weight is 405 g/mol. The highest BCUT2D eigenvalue weighted by Crippen LogP contribution is 2.27. The molecule has 0 atom stereocenters. The van der Waals surface area contributed by atoms with Gasteiger partial charge in [-0.05, 0) is 62.6 Å². The first kappa shape index (κ1) is 21.9. The van der Waals surface area contributed by atoms with Crippen molar-refractivity contribution in [3.63, 3.8) is 0 Å². The fraction of sp³-hybridized carbons (Fsp3) is 0.381. The van der Waals surface area contributed by atoms with Gasteiger partial charge in [-0.3, -0.25) is 4.79 Å². The number of amides is 1. The van der Waals surface area contributed by atoms with Crippen molar-refractivity contribution in [3.8, 4) is 5.75 Å². The van der Waals surface area contributed by atoms with Crippen molar-refractivity contribution < 1.29 is 17.9 Å². The third-order valence-corrected chi connectivity index (χ3v) is 5.75. The molecule has 0 bridgehead atoms. The Bertz CT molecular complexity index is 961. The lowest BCUT2D eigenvalue weighted by molar-refractivity contribution is 0.102. The predicted molar refractivity (Wildman–Crippen MR) is 112 cm³/mol. The largest absolute Gasteiger partial charge is 0.495 e. The molecule has 0 radical (unpaired) electrons. The van der Waals surface area contributed by atoms with Gasteiger partial charge in [0, 0.05) is 16.8 Å². The minimum absolute atomic E-state index is 0.0755. The van der Waals surface area contributed by atoms with Crippen LogP contribution in [0.1, 0.15) is 56.5 Å².